The summed E-state index contributed by atoms with van der Waals surface area (Å²) in [4.78, 5) is 11.5. The van der Waals surface area contributed by atoms with Crippen LogP contribution >= 0.6 is 11.3 Å². The van der Waals surface area contributed by atoms with E-state index in [0.717, 1.165) is 12.8 Å². The number of hydrogen-bond donors (Lipinski definition) is 1. The number of thiophene rings is 1. The Bertz CT molecular complexity index is 527. The molecule has 1 N–H and O–H groups in total. The second kappa shape index (κ2) is 3.91. The van der Waals surface area contributed by atoms with E-state index in [4.69, 9.17) is 0 Å². The number of nitrogens with one attached hydrogen (secondary N) is 1. The van der Waals surface area contributed by atoms with Crippen LogP contribution in [0.4, 0.5) is 0 Å². The van der Waals surface area contributed by atoms with E-state index in [-0.39, 0.29) is 5.91 Å². The zero-order valence-corrected chi connectivity index (χ0v) is 9.72. The third kappa shape index (κ3) is 1.83. The van der Waals surface area contributed by atoms with Gasteiger partial charge in [-0.2, -0.15) is 0 Å². The highest BCUT2D eigenvalue weighted by Crippen LogP contribution is 2.29. The molecule has 16 heavy (non-hydrogen) atoms. The van der Waals surface area contributed by atoms with E-state index in [1.807, 2.05) is 12.1 Å². The molecule has 0 atom stereocenters. The van der Waals surface area contributed by atoms with Crippen molar-refractivity contribution in [2.24, 2.45) is 5.92 Å². The average Bonchev–Trinajstić information content (AvgIpc) is 3.08. The highest BCUT2D eigenvalue weighted by molar-refractivity contribution is 7.17. The Balaban J connectivity index is 1.76. The average molecular weight is 231 g/mol. The van der Waals surface area contributed by atoms with Gasteiger partial charge in [0.25, 0.3) is 0 Å². The molecule has 1 amide bonds. The van der Waals surface area contributed by atoms with Crippen molar-refractivity contribution in [3.63, 3.8) is 0 Å². The van der Waals surface area contributed by atoms with E-state index in [0.29, 0.717) is 12.5 Å². The summed E-state index contributed by atoms with van der Waals surface area (Å²) in [6.07, 6.45) is 2.13. The largest absolute Gasteiger partial charge is 0.352 e. The van der Waals surface area contributed by atoms with Gasteiger partial charge in [-0.25, -0.2) is 0 Å². The lowest BCUT2D eigenvalue weighted by Crippen LogP contribution is -2.23. The predicted molar refractivity (Wildman–Crippen MR) is 66.4 cm³/mol. The van der Waals surface area contributed by atoms with Crippen LogP contribution in [0.25, 0.3) is 10.1 Å². The van der Waals surface area contributed by atoms with Gasteiger partial charge in [-0.3, -0.25) is 4.79 Å². The second-order valence-electron chi connectivity index (χ2n) is 4.25. The first-order valence-electron chi connectivity index (χ1n) is 5.57. The Labute approximate surface area is 98.3 Å². The second-order valence-corrected chi connectivity index (χ2v) is 5.16. The summed E-state index contributed by atoms with van der Waals surface area (Å²) < 4.78 is 1.29. The molecule has 82 valence electrons. The van der Waals surface area contributed by atoms with E-state index in [2.05, 4.69) is 22.8 Å². The summed E-state index contributed by atoms with van der Waals surface area (Å²) in [5.41, 5.74) is 1.23. The number of fused-ring (bicyclic) bond motifs is 1. The fourth-order valence-electron chi connectivity index (χ4n) is 1.84. The van der Waals surface area contributed by atoms with Crippen LogP contribution in [0.3, 0.4) is 0 Å². The molecular formula is C13H13NOS. The summed E-state index contributed by atoms with van der Waals surface area (Å²) in [6, 6.07) is 8.32. The van der Waals surface area contributed by atoms with Crippen molar-refractivity contribution in [1.82, 2.24) is 5.32 Å². The monoisotopic (exact) mass is 231 g/mol. The van der Waals surface area contributed by atoms with Crippen molar-refractivity contribution in [2.75, 3.05) is 0 Å². The topological polar surface area (TPSA) is 29.1 Å². The van der Waals surface area contributed by atoms with Crippen LogP contribution < -0.4 is 5.32 Å². The molecule has 1 fully saturated rings. The van der Waals surface area contributed by atoms with Gasteiger partial charge in [-0.1, -0.05) is 18.2 Å². The molecule has 0 radical (unpaired) electrons. The number of carbonyl (C=O) groups excluding carboxylic acids is 1. The summed E-state index contributed by atoms with van der Waals surface area (Å²) in [5.74, 6) is 0.514. The summed E-state index contributed by atoms with van der Waals surface area (Å²) in [6.45, 7) is 0.666. The molecule has 1 aliphatic rings. The van der Waals surface area contributed by atoms with Crippen molar-refractivity contribution < 1.29 is 4.79 Å². The van der Waals surface area contributed by atoms with Gasteiger partial charge in [0, 0.05) is 17.2 Å². The van der Waals surface area contributed by atoms with Crippen LogP contribution in [0, 0.1) is 5.92 Å². The Hall–Kier alpha value is -1.35. The van der Waals surface area contributed by atoms with Crippen LogP contribution in [0.1, 0.15) is 18.4 Å². The van der Waals surface area contributed by atoms with E-state index in [1.54, 1.807) is 11.3 Å². The number of carbonyl (C=O) groups is 1. The Morgan fingerprint density at radius 2 is 2.19 bits per heavy atom. The molecule has 3 heteroatoms. The number of benzene rings is 1. The van der Waals surface area contributed by atoms with E-state index < -0.39 is 0 Å². The highest BCUT2D eigenvalue weighted by Gasteiger charge is 2.29. The molecule has 2 nitrogen and oxygen atoms in total. The Morgan fingerprint density at radius 3 is 3.00 bits per heavy atom. The Kier molecular flexibility index (Phi) is 2.40. The van der Waals surface area contributed by atoms with Crippen LogP contribution in [-0.2, 0) is 11.3 Å². The molecule has 1 aromatic carbocycles. The lowest BCUT2D eigenvalue weighted by atomic mass is 10.2. The first-order chi connectivity index (χ1) is 7.84. The van der Waals surface area contributed by atoms with E-state index in [1.165, 1.54) is 15.6 Å². The fourth-order valence-corrected chi connectivity index (χ4v) is 2.80. The molecule has 0 spiro atoms. The van der Waals surface area contributed by atoms with E-state index >= 15 is 0 Å². The number of amides is 1. The van der Waals surface area contributed by atoms with Gasteiger partial charge >= 0.3 is 0 Å². The minimum atomic E-state index is 0.218. The van der Waals surface area contributed by atoms with Gasteiger partial charge in [-0.05, 0) is 35.2 Å². The zero-order chi connectivity index (χ0) is 11.0. The van der Waals surface area contributed by atoms with Crippen molar-refractivity contribution in [3.8, 4) is 0 Å². The normalized spacial score (nSPS) is 15.2. The van der Waals surface area contributed by atoms with Crippen molar-refractivity contribution in [2.45, 2.75) is 19.4 Å². The minimum absolute atomic E-state index is 0.218. The molecule has 0 aliphatic heterocycles. The maximum atomic E-state index is 11.5. The predicted octanol–water partition coefficient (Wildman–Crippen LogP) is 2.93. The highest BCUT2D eigenvalue weighted by atomic mass is 32.1. The molecule has 1 aliphatic carbocycles. The summed E-state index contributed by atoms with van der Waals surface area (Å²) in [7, 11) is 0. The third-order valence-corrected chi connectivity index (χ3v) is 3.97. The SMILES string of the molecule is O=C(NCc1csc2ccccc12)C1CC1. The lowest BCUT2D eigenvalue weighted by molar-refractivity contribution is -0.122. The first kappa shape index (κ1) is 9.85. The molecule has 1 saturated carbocycles. The van der Waals surface area contributed by atoms with Gasteiger partial charge in [-0.15, -0.1) is 11.3 Å². The Morgan fingerprint density at radius 1 is 1.38 bits per heavy atom. The smallest absolute Gasteiger partial charge is 0.223 e. The minimum Gasteiger partial charge on any atom is -0.352 e. The standard InChI is InChI=1S/C13H13NOS/c15-13(9-5-6-9)14-7-10-8-16-12-4-2-1-3-11(10)12/h1-4,8-9H,5-7H2,(H,14,15). The van der Waals surface area contributed by atoms with Crippen molar-refractivity contribution in [3.05, 3.63) is 35.2 Å². The van der Waals surface area contributed by atoms with Gasteiger partial charge in [0.1, 0.15) is 0 Å². The fraction of sp³-hybridized carbons (Fsp3) is 0.308. The van der Waals surface area contributed by atoms with Crippen LogP contribution in [-0.4, -0.2) is 5.91 Å². The number of rotatable bonds is 3. The molecular weight excluding hydrogens is 218 g/mol. The molecule has 0 unspecified atom stereocenters. The van der Waals surface area contributed by atoms with Crippen LogP contribution in [0.5, 0.6) is 0 Å². The molecule has 1 aromatic heterocycles. The maximum Gasteiger partial charge on any atom is 0.223 e. The summed E-state index contributed by atoms with van der Waals surface area (Å²) >= 11 is 1.74. The summed E-state index contributed by atoms with van der Waals surface area (Å²) in [5, 5.41) is 6.41. The van der Waals surface area contributed by atoms with Gasteiger partial charge < -0.3 is 5.32 Å². The van der Waals surface area contributed by atoms with Crippen LogP contribution in [0.2, 0.25) is 0 Å². The van der Waals surface area contributed by atoms with Gasteiger partial charge in [0.2, 0.25) is 5.91 Å². The maximum absolute atomic E-state index is 11.5. The van der Waals surface area contributed by atoms with Gasteiger partial charge in [0.15, 0.2) is 0 Å². The molecule has 3 rings (SSSR count). The molecule has 2 aromatic rings. The quantitative estimate of drug-likeness (QED) is 0.864. The lowest BCUT2D eigenvalue weighted by Gasteiger charge is -2.02. The molecule has 1 heterocycles. The van der Waals surface area contributed by atoms with Crippen molar-refractivity contribution in [1.29, 1.82) is 0 Å². The first-order valence-corrected chi connectivity index (χ1v) is 6.45. The van der Waals surface area contributed by atoms with Crippen LogP contribution in [0.15, 0.2) is 29.6 Å². The molecule has 0 saturated heterocycles. The van der Waals surface area contributed by atoms with Crippen molar-refractivity contribution >= 4 is 27.3 Å². The third-order valence-electron chi connectivity index (χ3n) is 2.96. The van der Waals surface area contributed by atoms with Gasteiger partial charge in [0.05, 0.1) is 0 Å². The number of hydrogen-bond acceptors (Lipinski definition) is 2. The zero-order valence-electron chi connectivity index (χ0n) is 8.90. The van der Waals surface area contributed by atoms with E-state index in [9.17, 15) is 4.79 Å². The molecule has 0 bridgehead atoms.